The summed E-state index contributed by atoms with van der Waals surface area (Å²) in [4.78, 5) is 64.3. The molecular weight excluding hydrogens is 578 g/mol. The van der Waals surface area contributed by atoms with Crippen LogP contribution in [0.4, 0.5) is 0 Å². The Morgan fingerprint density at radius 2 is 1.11 bits per heavy atom. The number of aliphatic carboxylic acids is 2. The van der Waals surface area contributed by atoms with Crippen molar-refractivity contribution in [2.24, 2.45) is 23.7 Å². The number of rotatable bonds is 23. The van der Waals surface area contributed by atoms with Crippen LogP contribution < -0.4 is 10.6 Å². The first-order valence-electron chi connectivity index (χ1n) is 15.0. The molecule has 14 heteroatoms. The van der Waals surface area contributed by atoms with E-state index in [1.54, 1.807) is 0 Å². The second kappa shape index (κ2) is 21.5. The van der Waals surface area contributed by atoms with E-state index in [9.17, 15) is 34.2 Å². The predicted octanol–water partition coefficient (Wildman–Crippen LogP) is 0.382. The van der Waals surface area contributed by atoms with Gasteiger partial charge < -0.3 is 44.7 Å². The number of nitrogens with zero attached hydrogens (tertiary/aromatic N) is 1. The molecule has 0 spiro atoms. The lowest BCUT2D eigenvalue weighted by atomic mass is 9.92. The fourth-order valence-corrected chi connectivity index (χ4v) is 4.59. The van der Waals surface area contributed by atoms with Crippen LogP contribution in [-0.2, 0) is 42.9 Å². The monoisotopic (exact) mass is 627 g/mol. The second-order valence-electron chi connectivity index (χ2n) is 11.4. The van der Waals surface area contributed by atoms with Crippen molar-refractivity contribution >= 4 is 29.7 Å². The molecule has 44 heavy (non-hydrogen) atoms. The van der Waals surface area contributed by atoms with Gasteiger partial charge in [-0.2, -0.15) is 0 Å². The Balaban J connectivity index is 2.68. The zero-order valence-corrected chi connectivity index (χ0v) is 26.2. The third-order valence-corrected chi connectivity index (χ3v) is 6.75. The molecule has 4 N–H and O–H groups in total. The summed E-state index contributed by atoms with van der Waals surface area (Å²) in [6.07, 6.45) is 5.42. The maximum Gasteiger partial charge on any atom is 0.326 e. The third kappa shape index (κ3) is 15.5. The van der Waals surface area contributed by atoms with Crippen molar-refractivity contribution in [3.05, 3.63) is 0 Å². The molecule has 1 unspecified atom stereocenters. The molecule has 1 heterocycles. The number of hydrogen-bond donors (Lipinski definition) is 4. The predicted molar refractivity (Wildman–Crippen MR) is 158 cm³/mol. The van der Waals surface area contributed by atoms with E-state index >= 15 is 0 Å². The van der Waals surface area contributed by atoms with Gasteiger partial charge in [-0.15, -0.1) is 6.42 Å². The number of carboxylic acid groups (broad SMARTS) is 2. The van der Waals surface area contributed by atoms with Gasteiger partial charge in [0, 0.05) is 13.1 Å². The smallest absolute Gasteiger partial charge is 0.326 e. The zero-order valence-electron chi connectivity index (χ0n) is 26.2. The normalized spacial score (nSPS) is 17.7. The van der Waals surface area contributed by atoms with Crippen LogP contribution in [-0.4, -0.2) is 123 Å². The first-order chi connectivity index (χ1) is 20.9. The van der Waals surface area contributed by atoms with Crippen molar-refractivity contribution < 1.29 is 53.1 Å². The Morgan fingerprint density at radius 3 is 1.48 bits per heavy atom. The van der Waals surface area contributed by atoms with Crippen LogP contribution in [0.15, 0.2) is 0 Å². The number of terminal acetylenes is 1. The molecule has 0 bridgehead atoms. The van der Waals surface area contributed by atoms with Gasteiger partial charge in [-0.3, -0.25) is 14.4 Å². The van der Waals surface area contributed by atoms with Crippen LogP contribution in [0.3, 0.4) is 0 Å². The van der Waals surface area contributed by atoms with Gasteiger partial charge in [-0.1, -0.05) is 33.6 Å². The molecule has 14 nitrogen and oxygen atoms in total. The van der Waals surface area contributed by atoms with Crippen molar-refractivity contribution in [1.82, 2.24) is 15.5 Å². The topological polar surface area (TPSA) is 190 Å². The zero-order chi connectivity index (χ0) is 33.1. The van der Waals surface area contributed by atoms with E-state index < -0.39 is 47.7 Å². The van der Waals surface area contributed by atoms with Crippen LogP contribution >= 0.6 is 0 Å². The molecule has 1 aliphatic rings. The summed E-state index contributed by atoms with van der Waals surface area (Å²) in [5.41, 5.74) is 0. The lowest BCUT2D eigenvalue weighted by Gasteiger charge is -2.23. The van der Waals surface area contributed by atoms with E-state index in [0.717, 1.165) is 0 Å². The van der Waals surface area contributed by atoms with Crippen molar-refractivity contribution in [3.8, 4) is 12.3 Å². The Labute approximate surface area is 259 Å². The van der Waals surface area contributed by atoms with Crippen LogP contribution in [0.2, 0.25) is 0 Å². The quantitative estimate of drug-likeness (QED) is 0.0905. The Kier molecular flexibility index (Phi) is 18.9. The highest BCUT2D eigenvalue weighted by molar-refractivity contribution is 5.93. The van der Waals surface area contributed by atoms with E-state index in [1.807, 2.05) is 27.7 Å². The molecule has 1 saturated heterocycles. The Morgan fingerprint density at radius 1 is 0.727 bits per heavy atom. The highest BCUT2D eigenvalue weighted by atomic mass is 16.6. The van der Waals surface area contributed by atoms with Gasteiger partial charge >= 0.3 is 11.9 Å². The van der Waals surface area contributed by atoms with Gasteiger partial charge in [0.05, 0.1) is 64.5 Å². The van der Waals surface area contributed by atoms with Crippen molar-refractivity contribution in [2.75, 3.05) is 65.9 Å². The molecule has 1 aliphatic heterocycles. The summed E-state index contributed by atoms with van der Waals surface area (Å²) in [6, 6.07) is -2.34. The first-order valence-corrected chi connectivity index (χ1v) is 15.0. The number of nitrogens with one attached hydrogen (secondary N) is 2. The summed E-state index contributed by atoms with van der Waals surface area (Å²) in [5.74, 6) is -3.91. The second-order valence-corrected chi connectivity index (χ2v) is 11.4. The molecule has 0 radical (unpaired) electrons. The molecule has 0 aromatic carbocycles. The lowest BCUT2D eigenvalue weighted by Crippen LogP contribution is -2.50. The number of carboxylic acids is 2. The largest absolute Gasteiger partial charge is 0.480 e. The van der Waals surface area contributed by atoms with Gasteiger partial charge in [-0.25, -0.2) is 9.59 Å². The molecule has 0 aliphatic carbocycles. The summed E-state index contributed by atoms with van der Waals surface area (Å²) in [7, 11) is 0. The molecular formula is C30H49N3O11. The summed E-state index contributed by atoms with van der Waals surface area (Å²) < 4.78 is 21.3. The third-order valence-electron chi connectivity index (χ3n) is 6.75. The number of amides is 3. The Hall–Kier alpha value is -3.25. The molecule has 4 atom stereocenters. The van der Waals surface area contributed by atoms with Crippen LogP contribution in [0.25, 0.3) is 0 Å². The SMILES string of the molecule is C#CCOCCOCCOCCOCCC(=O)N1CC(C(=O)N[C@@H](CC(C)C)C(=O)O)[C@H](C(=O)N[C@@H](CC(C)C)C(=O)O)C1. The molecule has 0 saturated carbocycles. The number of carbonyl (C=O) groups excluding carboxylic acids is 3. The molecule has 3 amide bonds. The van der Waals surface area contributed by atoms with Gasteiger partial charge in [0.2, 0.25) is 17.7 Å². The molecule has 250 valence electrons. The van der Waals surface area contributed by atoms with Crippen LogP contribution in [0.5, 0.6) is 0 Å². The fraction of sp³-hybridized carbons (Fsp3) is 0.767. The highest BCUT2D eigenvalue weighted by Crippen LogP contribution is 2.26. The van der Waals surface area contributed by atoms with Gasteiger partial charge in [0.25, 0.3) is 0 Å². The van der Waals surface area contributed by atoms with Gasteiger partial charge in [0.1, 0.15) is 18.7 Å². The molecule has 0 aromatic rings. The van der Waals surface area contributed by atoms with E-state index in [-0.39, 0.29) is 69.9 Å². The van der Waals surface area contributed by atoms with Gasteiger partial charge in [0.15, 0.2) is 0 Å². The van der Waals surface area contributed by atoms with E-state index in [4.69, 9.17) is 25.4 Å². The summed E-state index contributed by atoms with van der Waals surface area (Å²) in [6.45, 7) is 9.44. The van der Waals surface area contributed by atoms with Crippen molar-refractivity contribution in [3.63, 3.8) is 0 Å². The minimum Gasteiger partial charge on any atom is -0.480 e. The van der Waals surface area contributed by atoms with E-state index in [1.165, 1.54) is 4.90 Å². The maximum absolute atomic E-state index is 13.2. The molecule has 0 aromatic heterocycles. The standard InChI is InChI=1S/C30H49N3O11/c1-6-8-41-10-12-43-14-15-44-13-11-42-9-7-26(34)33-18-22(27(35)31-24(29(37)38)16-20(2)3)23(19-33)28(36)32-25(30(39)40)17-21(4)5/h1,20-25H,7-19H2,2-5H3,(H,31,35)(H,32,36)(H,37,38)(H,39,40)/t22-,23?,24+,25+/m1/s1. The fourth-order valence-electron chi connectivity index (χ4n) is 4.59. The summed E-state index contributed by atoms with van der Waals surface area (Å²) in [5, 5.41) is 24.2. The molecule has 1 fully saturated rings. The van der Waals surface area contributed by atoms with Gasteiger partial charge in [-0.05, 0) is 24.7 Å². The first kappa shape index (κ1) is 38.8. The van der Waals surface area contributed by atoms with Crippen LogP contribution in [0, 0.1) is 36.0 Å². The van der Waals surface area contributed by atoms with E-state index in [2.05, 4.69) is 16.6 Å². The average molecular weight is 628 g/mol. The van der Waals surface area contributed by atoms with Crippen LogP contribution in [0.1, 0.15) is 47.0 Å². The van der Waals surface area contributed by atoms with Crippen molar-refractivity contribution in [2.45, 2.75) is 59.0 Å². The number of likely N-dealkylation sites (tertiary alicyclic amines) is 1. The number of ether oxygens (including phenoxy) is 4. The maximum atomic E-state index is 13.2. The lowest BCUT2D eigenvalue weighted by molar-refractivity contribution is -0.145. The minimum atomic E-state index is -1.21. The number of carbonyl (C=O) groups is 5. The Bertz CT molecular complexity index is 916. The average Bonchev–Trinajstić information content (AvgIpc) is 3.40. The van der Waals surface area contributed by atoms with E-state index in [0.29, 0.717) is 33.0 Å². The highest BCUT2D eigenvalue weighted by Gasteiger charge is 2.45. The number of hydrogen-bond acceptors (Lipinski definition) is 9. The summed E-state index contributed by atoms with van der Waals surface area (Å²) >= 11 is 0. The minimum absolute atomic E-state index is 0.0142. The molecule has 1 rings (SSSR count). The van der Waals surface area contributed by atoms with Crippen molar-refractivity contribution in [1.29, 1.82) is 0 Å².